The maximum Gasteiger partial charge on any atom is 0.241 e. The molecule has 0 aliphatic heterocycles. The van der Waals surface area contributed by atoms with E-state index >= 15 is 0 Å². The Kier molecular flexibility index (Phi) is 3.52. The van der Waals surface area contributed by atoms with Crippen LogP contribution in [0.2, 0.25) is 0 Å². The smallest absolute Gasteiger partial charge is 0.241 e. The Hall–Kier alpha value is -0.430. The molecular formula is C15H23NO3S2. The highest BCUT2D eigenvalue weighted by Gasteiger charge is 2.60. The van der Waals surface area contributed by atoms with Crippen LogP contribution in [0, 0.1) is 16.7 Å². The third-order valence-corrected chi connectivity index (χ3v) is 8.11. The second-order valence-corrected chi connectivity index (χ2v) is 10.1. The van der Waals surface area contributed by atoms with Crippen molar-refractivity contribution in [3.63, 3.8) is 0 Å². The predicted molar refractivity (Wildman–Crippen MR) is 83.6 cm³/mol. The van der Waals surface area contributed by atoms with E-state index in [-0.39, 0.29) is 28.4 Å². The second kappa shape index (κ2) is 4.78. The van der Waals surface area contributed by atoms with Gasteiger partial charge in [-0.1, -0.05) is 20.8 Å². The van der Waals surface area contributed by atoms with Crippen LogP contribution in [0.15, 0.2) is 16.3 Å². The van der Waals surface area contributed by atoms with Crippen LogP contribution in [0.5, 0.6) is 0 Å². The van der Waals surface area contributed by atoms with Gasteiger partial charge in [-0.05, 0) is 42.1 Å². The van der Waals surface area contributed by atoms with E-state index in [9.17, 15) is 8.42 Å². The van der Waals surface area contributed by atoms with Crippen molar-refractivity contribution in [2.75, 3.05) is 0 Å². The predicted octanol–water partition coefficient (Wildman–Crippen LogP) is 2.73. The highest BCUT2D eigenvalue weighted by atomic mass is 32.2. The Bertz CT molecular complexity index is 645. The minimum absolute atomic E-state index is 0.00407. The van der Waals surface area contributed by atoms with Crippen LogP contribution in [-0.4, -0.2) is 19.6 Å². The minimum atomic E-state index is -3.52. The molecule has 0 radical (unpaired) electrons. The molecule has 3 rings (SSSR count). The standard InChI is InChI=1S/C15H23NO3S2/c1-14(2)10-4-5-15(3,7-10)13(14)16-21(18,19)12-6-11(8-17)20-9-12/h6,9-10,13,16-17H,4-5,7-8H2,1-3H3. The van der Waals surface area contributed by atoms with E-state index in [2.05, 4.69) is 25.5 Å². The zero-order valence-electron chi connectivity index (χ0n) is 12.7. The summed E-state index contributed by atoms with van der Waals surface area (Å²) in [5.74, 6) is 0.602. The third kappa shape index (κ3) is 2.36. The van der Waals surface area contributed by atoms with Crippen LogP contribution in [-0.2, 0) is 16.6 Å². The minimum Gasteiger partial charge on any atom is -0.391 e. The fraction of sp³-hybridized carbons (Fsp3) is 0.733. The van der Waals surface area contributed by atoms with Crippen LogP contribution in [0.25, 0.3) is 0 Å². The van der Waals surface area contributed by atoms with Crippen LogP contribution >= 0.6 is 11.3 Å². The molecule has 1 aromatic rings. The number of nitrogens with one attached hydrogen (secondary N) is 1. The van der Waals surface area contributed by atoms with Crippen molar-refractivity contribution < 1.29 is 13.5 Å². The number of thiophene rings is 1. The zero-order valence-corrected chi connectivity index (χ0v) is 14.4. The number of aliphatic hydroxyl groups excluding tert-OH is 1. The third-order valence-electron chi connectivity index (χ3n) is 5.64. The Morgan fingerprint density at radius 3 is 2.67 bits per heavy atom. The van der Waals surface area contributed by atoms with Crippen molar-refractivity contribution in [1.29, 1.82) is 0 Å². The van der Waals surface area contributed by atoms with Crippen molar-refractivity contribution in [3.8, 4) is 0 Å². The highest BCUT2D eigenvalue weighted by Crippen LogP contribution is 2.62. The lowest BCUT2D eigenvalue weighted by Gasteiger charge is -2.42. The van der Waals surface area contributed by atoms with Gasteiger partial charge in [0.25, 0.3) is 0 Å². The average Bonchev–Trinajstić information content (AvgIpc) is 3.06. The Morgan fingerprint density at radius 2 is 2.14 bits per heavy atom. The number of hydrogen-bond donors (Lipinski definition) is 2. The van der Waals surface area contributed by atoms with Crippen molar-refractivity contribution in [1.82, 2.24) is 4.72 Å². The quantitative estimate of drug-likeness (QED) is 0.892. The lowest BCUT2D eigenvalue weighted by atomic mass is 9.69. The SMILES string of the molecule is CC12CCC(C1)C(C)(C)C2NS(=O)(=O)c1csc(CO)c1. The molecule has 3 unspecified atom stereocenters. The van der Waals surface area contributed by atoms with Gasteiger partial charge in [0.05, 0.1) is 11.5 Å². The van der Waals surface area contributed by atoms with Crippen molar-refractivity contribution in [2.24, 2.45) is 16.7 Å². The maximum absolute atomic E-state index is 12.6. The van der Waals surface area contributed by atoms with E-state index in [4.69, 9.17) is 5.11 Å². The van der Waals surface area contributed by atoms with Crippen LogP contribution in [0.3, 0.4) is 0 Å². The van der Waals surface area contributed by atoms with Gasteiger partial charge < -0.3 is 5.11 Å². The second-order valence-electron chi connectivity index (χ2n) is 7.38. The summed E-state index contributed by atoms with van der Waals surface area (Å²) in [4.78, 5) is 0.951. The molecule has 0 amide bonds. The van der Waals surface area contributed by atoms with Gasteiger partial charge in [0.2, 0.25) is 10.0 Å². The lowest BCUT2D eigenvalue weighted by Crippen LogP contribution is -2.52. The number of aliphatic hydroxyl groups is 1. The van der Waals surface area contributed by atoms with Gasteiger partial charge in [0.15, 0.2) is 0 Å². The zero-order chi connectivity index (χ0) is 15.5. The maximum atomic E-state index is 12.6. The summed E-state index contributed by atoms with van der Waals surface area (Å²) in [6, 6.07) is 1.54. The number of fused-ring (bicyclic) bond motifs is 2. The van der Waals surface area contributed by atoms with Gasteiger partial charge in [0.1, 0.15) is 0 Å². The Morgan fingerprint density at radius 1 is 1.43 bits per heavy atom. The molecule has 3 atom stereocenters. The molecule has 0 saturated heterocycles. The molecule has 2 saturated carbocycles. The van der Waals surface area contributed by atoms with Gasteiger partial charge in [-0.15, -0.1) is 11.3 Å². The Labute approximate surface area is 130 Å². The van der Waals surface area contributed by atoms with Crippen molar-refractivity contribution in [3.05, 3.63) is 16.3 Å². The number of rotatable bonds is 4. The van der Waals surface area contributed by atoms with Gasteiger partial charge >= 0.3 is 0 Å². The van der Waals surface area contributed by atoms with Gasteiger partial charge in [-0.25, -0.2) is 13.1 Å². The van der Waals surface area contributed by atoms with E-state index < -0.39 is 10.0 Å². The molecule has 1 aromatic heterocycles. The van der Waals surface area contributed by atoms with E-state index in [0.29, 0.717) is 10.8 Å². The molecule has 2 bridgehead atoms. The fourth-order valence-corrected chi connectivity index (χ4v) is 7.07. The molecule has 21 heavy (non-hydrogen) atoms. The molecule has 4 nitrogen and oxygen atoms in total. The monoisotopic (exact) mass is 329 g/mol. The van der Waals surface area contributed by atoms with E-state index in [1.165, 1.54) is 17.8 Å². The van der Waals surface area contributed by atoms with Crippen molar-refractivity contribution in [2.45, 2.75) is 57.6 Å². The molecule has 118 valence electrons. The van der Waals surface area contributed by atoms with E-state index in [1.807, 2.05) is 0 Å². The molecule has 2 N–H and O–H groups in total. The molecule has 2 aliphatic rings. The van der Waals surface area contributed by atoms with Gasteiger partial charge in [-0.3, -0.25) is 0 Å². The molecular weight excluding hydrogens is 306 g/mol. The first-order valence-corrected chi connectivity index (χ1v) is 9.76. The van der Waals surface area contributed by atoms with Crippen molar-refractivity contribution >= 4 is 21.4 Å². The lowest BCUT2D eigenvalue weighted by molar-refractivity contribution is 0.127. The van der Waals surface area contributed by atoms with E-state index in [0.717, 1.165) is 12.8 Å². The molecule has 2 fully saturated rings. The summed E-state index contributed by atoms with van der Waals surface area (Å²) in [7, 11) is -3.52. The van der Waals surface area contributed by atoms with Crippen LogP contribution in [0.4, 0.5) is 0 Å². The first-order chi connectivity index (χ1) is 9.69. The van der Waals surface area contributed by atoms with Crippen LogP contribution in [0.1, 0.15) is 44.9 Å². The Balaban J connectivity index is 1.89. The van der Waals surface area contributed by atoms with Gasteiger partial charge in [0, 0.05) is 16.3 Å². The fourth-order valence-electron chi connectivity index (χ4n) is 4.40. The molecule has 0 aromatic carbocycles. The summed E-state index contributed by atoms with van der Waals surface area (Å²) >= 11 is 1.28. The highest BCUT2D eigenvalue weighted by molar-refractivity contribution is 7.89. The first-order valence-electron chi connectivity index (χ1n) is 7.40. The summed E-state index contributed by atoms with van der Waals surface area (Å²) < 4.78 is 28.2. The summed E-state index contributed by atoms with van der Waals surface area (Å²) in [6.07, 6.45) is 3.41. The summed E-state index contributed by atoms with van der Waals surface area (Å²) in [5, 5.41) is 10.7. The van der Waals surface area contributed by atoms with Gasteiger partial charge in [-0.2, -0.15) is 0 Å². The molecule has 2 aliphatic carbocycles. The molecule has 0 spiro atoms. The number of sulfonamides is 1. The van der Waals surface area contributed by atoms with E-state index in [1.54, 1.807) is 11.4 Å². The normalized spacial score (nSPS) is 34.5. The average molecular weight is 329 g/mol. The molecule has 1 heterocycles. The topological polar surface area (TPSA) is 66.4 Å². The number of hydrogen-bond acceptors (Lipinski definition) is 4. The van der Waals surface area contributed by atoms with Crippen LogP contribution < -0.4 is 4.72 Å². The summed E-state index contributed by atoms with van der Waals surface area (Å²) in [5.41, 5.74) is 0.0625. The summed E-state index contributed by atoms with van der Waals surface area (Å²) in [6.45, 7) is 6.46. The largest absolute Gasteiger partial charge is 0.391 e. The first kappa shape index (κ1) is 15.5. The molecule has 6 heteroatoms.